The Hall–Kier alpha value is -4.36. The molecule has 0 bridgehead atoms. The van der Waals surface area contributed by atoms with E-state index in [9.17, 15) is 27.2 Å². The second kappa shape index (κ2) is 8.89. The second-order valence-electron chi connectivity index (χ2n) is 8.84. The summed E-state index contributed by atoms with van der Waals surface area (Å²) in [5.74, 6) is -1.40. The SMILES string of the molecule is CC1=C(NC(=O)COc2ccc3c(c2)OC(F)(F)O3)CC1(C)NC(=O)COc1ccc2c(c1)OC(F)(F)O2. The number of fused-ring (bicyclic) bond motifs is 2. The summed E-state index contributed by atoms with van der Waals surface area (Å²) >= 11 is 0. The lowest BCUT2D eigenvalue weighted by Crippen LogP contribution is -2.56. The minimum Gasteiger partial charge on any atom is -0.484 e. The van der Waals surface area contributed by atoms with Crippen molar-refractivity contribution in [2.24, 2.45) is 0 Å². The van der Waals surface area contributed by atoms with E-state index in [2.05, 4.69) is 29.6 Å². The van der Waals surface area contributed by atoms with Crippen molar-refractivity contribution >= 4 is 11.8 Å². The number of carbonyl (C=O) groups is 2. The van der Waals surface area contributed by atoms with Crippen LogP contribution in [-0.2, 0) is 9.59 Å². The summed E-state index contributed by atoms with van der Waals surface area (Å²) in [7, 11) is 0. The van der Waals surface area contributed by atoms with E-state index in [0.717, 1.165) is 0 Å². The van der Waals surface area contributed by atoms with Crippen molar-refractivity contribution in [3.63, 3.8) is 0 Å². The van der Waals surface area contributed by atoms with E-state index in [-0.39, 0.29) is 34.5 Å². The van der Waals surface area contributed by atoms with Crippen molar-refractivity contribution in [3.05, 3.63) is 47.7 Å². The van der Waals surface area contributed by atoms with Crippen LogP contribution in [-0.4, -0.2) is 43.2 Å². The predicted octanol–water partition coefficient (Wildman–Crippen LogP) is 3.46. The molecule has 202 valence electrons. The number of halogens is 4. The molecule has 0 aromatic heterocycles. The first kappa shape index (κ1) is 25.3. The van der Waals surface area contributed by atoms with Crippen molar-refractivity contribution in [3.8, 4) is 34.5 Å². The van der Waals surface area contributed by atoms with Gasteiger partial charge < -0.3 is 39.1 Å². The molecule has 3 aliphatic rings. The van der Waals surface area contributed by atoms with E-state index in [1.54, 1.807) is 13.8 Å². The maximum absolute atomic E-state index is 13.1. The van der Waals surface area contributed by atoms with Crippen LogP contribution >= 0.6 is 0 Å². The second-order valence-corrected chi connectivity index (χ2v) is 8.84. The van der Waals surface area contributed by atoms with E-state index in [4.69, 9.17) is 9.47 Å². The van der Waals surface area contributed by atoms with Gasteiger partial charge in [-0.25, -0.2) is 0 Å². The lowest BCUT2D eigenvalue weighted by Gasteiger charge is -2.42. The van der Waals surface area contributed by atoms with Gasteiger partial charge in [0.25, 0.3) is 11.8 Å². The average molecular weight is 540 g/mol. The standard InChI is InChI=1S/C24H20F4N2O8/c1-12-15(29-20(31)10-33-13-3-5-16-18(7-13)37-23(25,26)35-16)9-22(12,2)30-21(32)11-34-14-4-6-17-19(8-14)38-24(27,28)36-17/h3-8H,9-11H2,1-2H3,(H,29,31)(H,30,32). The van der Waals surface area contributed by atoms with Gasteiger partial charge in [-0.15, -0.1) is 17.6 Å². The highest BCUT2D eigenvalue weighted by atomic mass is 19.3. The Morgan fingerprint density at radius 1 is 0.816 bits per heavy atom. The summed E-state index contributed by atoms with van der Waals surface area (Å²) in [5, 5.41) is 5.49. The first-order valence-electron chi connectivity index (χ1n) is 11.2. The van der Waals surface area contributed by atoms with Gasteiger partial charge in [-0.2, -0.15) is 0 Å². The Bertz CT molecular complexity index is 1350. The van der Waals surface area contributed by atoms with Crippen molar-refractivity contribution in [1.82, 2.24) is 10.6 Å². The fourth-order valence-electron chi connectivity index (χ4n) is 4.01. The van der Waals surface area contributed by atoms with Crippen LogP contribution in [0.25, 0.3) is 0 Å². The minimum atomic E-state index is -3.76. The normalized spacial score (nSPS) is 21.4. The molecular weight excluding hydrogens is 520 g/mol. The number of hydrogen-bond donors (Lipinski definition) is 2. The number of carbonyl (C=O) groups excluding carboxylic acids is 2. The molecule has 2 aromatic carbocycles. The zero-order valence-electron chi connectivity index (χ0n) is 19.9. The molecule has 2 heterocycles. The quantitative estimate of drug-likeness (QED) is 0.490. The van der Waals surface area contributed by atoms with Crippen LogP contribution < -0.4 is 39.1 Å². The van der Waals surface area contributed by atoms with Crippen molar-refractivity contribution in [2.45, 2.75) is 38.4 Å². The highest BCUT2D eigenvalue weighted by Gasteiger charge is 2.45. The summed E-state index contributed by atoms with van der Waals surface area (Å²) < 4.78 is 80.5. The molecule has 0 radical (unpaired) electrons. The molecule has 1 atom stereocenters. The van der Waals surface area contributed by atoms with E-state index in [1.165, 1.54) is 36.4 Å². The van der Waals surface area contributed by atoms with Gasteiger partial charge in [0.05, 0.1) is 5.54 Å². The monoisotopic (exact) mass is 540 g/mol. The molecule has 2 N–H and O–H groups in total. The highest BCUT2D eigenvalue weighted by Crippen LogP contribution is 2.44. The van der Waals surface area contributed by atoms with Crippen LogP contribution in [0.1, 0.15) is 20.3 Å². The number of amides is 2. The third-order valence-electron chi connectivity index (χ3n) is 6.00. The number of benzene rings is 2. The minimum absolute atomic E-state index is 0.132. The first-order chi connectivity index (χ1) is 17.8. The molecule has 1 aliphatic carbocycles. The van der Waals surface area contributed by atoms with Gasteiger partial charge in [-0.3, -0.25) is 9.59 Å². The van der Waals surface area contributed by atoms with Crippen molar-refractivity contribution in [2.75, 3.05) is 13.2 Å². The van der Waals surface area contributed by atoms with Crippen LogP contribution in [0.15, 0.2) is 47.7 Å². The molecule has 5 rings (SSSR count). The summed E-state index contributed by atoms with van der Waals surface area (Å²) in [6.07, 6.45) is -7.20. The lowest BCUT2D eigenvalue weighted by atomic mass is 9.75. The topological polar surface area (TPSA) is 114 Å². The maximum Gasteiger partial charge on any atom is 0.586 e. The molecule has 0 spiro atoms. The summed E-state index contributed by atoms with van der Waals surface area (Å²) in [5.41, 5.74) is 0.544. The number of hydrogen-bond acceptors (Lipinski definition) is 8. The van der Waals surface area contributed by atoms with Gasteiger partial charge in [0.15, 0.2) is 36.2 Å². The van der Waals surface area contributed by atoms with Gasteiger partial charge in [0.2, 0.25) is 0 Å². The number of ether oxygens (including phenoxy) is 6. The third kappa shape index (κ3) is 5.19. The number of nitrogens with one attached hydrogen (secondary N) is 2. The zero-order valence-corrected chi connectivity index (χ0v) is 19.9. The molecule has 2 amide bonds. The molecular formula is C24H20F4N2O8. The van der Waals surface area contributed by atoms with Crippen LogP contribution in [0.3, 0.4) is 0 Å². The Kier molecular flexibility index (Phi) is 5.92. The smallest absolute Gasteiger partial charge is 0.484 e. The fourth-order valence-corrected chi connectivity index (χ4v) is 4.01. The Morgan fingerprint density at radius 3 is 1.79 bits per heavy atom. The summed E-state index contributed by atoms with van der Waals surface area (Å²) in [6, 6.07) is 7.58. The van der Waals surface area contributed by atoms with E-state index in [0.29, 0.717) is 17.7 Å². The van der Waals surface area contributed by atoms with E-state index < -0.39 is 43.2 Å². The van der Waals surface area contributed by atoms with E-state index in [1.807, 2.05) is 0 Å². The molecule has 0 fully saturated rings. The molecule has 0 saturated carbocycles. The summed E-state index contributed by atoms with van der Waals surface area (Å²) in [4.78, 5) is 24.7. The maximum atomic E-state index is 13.1. The third-order valence-corrected chi connectivity index (χ3v) is 6.00. The highest BCUT2D eigenvalue weighted by molar-refractivity contribution is 5.82. The lowest BCUT2D eigenvalue weighted by molar-refractivity contribution is -0.287. The van der Waals surface area contributed by atoms with Gasteiger partial charge >= 0.3 is 12.6 Å². The van der Waals surface area contributed by atoms with Gasteiger partial charge in [-0.1, -0.05) is 0 Å². The average Bonchev–Trinajstić information content (AvgIpc) is 3.32. The number of alkyl halides is 4. The Balaban J connectivity index is 1.08. The van der Waals surface area contributed by atoms with Crippen molar-refractivity contribution < 1.29 is 55.6 Å². The Labute approximate surface area is 212 Å². The largest absolute Gasteiger partial charge is 0.586 e. The van der Waals surface area contributed by atoms with Crippen molar-refractivity contribution in [1.29, 1.82) is 0 Å². The molecule has 10 nitrogen and oxygen atoms in total. The molecule has 0 saturated heterocycles. The van der Waals surface area contributed by atoms with Gasteiger partial charge in [0, 0.05) is 24.3 Å². The fraction of sp³-hybridized carbons (Fsp3) is 0.333. The van der Waals surface area contributed by atoms with Gasteiger partial charge in [0.1, 0.15) is 11.5 Å². The van der Waals surface area contributed by atoms with E-state index >= 15 is 0 Å². The van der Waals surface area contributed by atoms with Crippen LogP contribution in [0.5, 0.6) is 34.5 Å². The summed E-state index contributed by atoms with van der Waals surface area (Å²) in [6.45, 7) is 2.70. The molecule has 38 heavy (non-hydrogen) atoms. The molecule has 14 heteroatoms. The van der Waals surface area contributed by atoms with Crippen LogP contribution in [0.2, 0.25) is 0 Å². The van der Waals surface area contributed by atoms with Crippen LogP contribution in [0, 0.1) is 0 Å². The number of rotatable bonds is 8. The molecule has 1 unspecified atom stereocenters. The van der Waals surface area contributed by atoms with Crippen LogP contribution in [0.4, 0.5) is 17.6 Å². The predicted molar refractivity (Wildman–Crippen MR) is 118 cm³/mol. The molecule has 2 aliphatic heterocycles. The molecule has 2 aromatic rings. The zero-order chi connectivity index (χ0) is 27.3. The Morgan fingerprint density at radius 2 is 1.29 bits per heavy atom. The van der Waals surface area contributed by atoms with Gasteiger partial charge in [-0.05, 0) is 43.7 Å². The first-order valence-corrected chi connectivity index (χ1v) is 11.2.